The van der Waals surface area contributed by atoms with E-state index in [9.17, 15) is 13.2 Å². The predicted octanol–water partition coefficient (Wildman–Crippen LogP) is 3.06. The van der Waals surface area contributed by atoms with Gasteiger partial charge in [0.25, 0.3) is 5.91 Å². The van der Waals surface area contributed by atoms with Crippen LogP contribution in [0.3, 0.4) is 0 Å². The molecule has 0 aliphatic carbocycles. The first kappa shape index (κ1) is 21.3. The largest absolute Gasteiger partial charge is 0.307 e. The van der Waals surface area contributed by atoms with Crippen LogP contribution in [0.2, 0.25) is 0 Å². The normalized spacial score (nSPS) is 17.5. The summed E-state index contributed by atoms with van der Waals surface area (Å²) in [5.74, 6) is 0.311. The molecule has 1 fully saturated rings. The molecule has 1 N–H and O–H groups in total. The van der Waals surface area contributed by atoms with E-state index in [4.69, 9.17) is 4.98 Å². The molecule has 0 saturated carbocycles. The Kier molecular flexibility index (Phi) is 5.04. The average Bonchev–Trinajstić information content (AvgIpc) is 3.42. The number of carbonyl (C=O) groups is 1. The van der Waals surface area contributed by atoms with Gasteiger partial charge in [-0.3, -0.25) is 9.48 Å². The molecule has 3 aromatic heterocycles. The van der Waals surface area contributed by atoms with E-state index in [1.165, 1.54) is 0 Å². The van der Waals surface area contributed by atoms with E-state index in [0.717, 1.165) is 5.56 Å². The molecule has 1 saturated heterocycles. The summed E-state index contributed by atoms with van der Waals surface area (Å²) in [6.07, 6.45) is 0.478. The lowest BCUT2D eigenvalue weighted by Gasteiger charge is -2.14. The number of rotatable bonds is 4. The summed E-state index contributed by atoms with van der Waals surface area (Å²) in [6, 6.07) is 12.9. The lowest BCUT2D eigenvalue weighted by Crippen LogP contribution is -2.20. The van der Waals surface area contributed by atoms with E-state index in [0.29, 0.717) is 45.9 Å². The Balaban J connectivity index is 1.57. The number of nitrogens with one attached hydrogen (secondary N) is 1. The number of sulfone groups is 1. The van der Waals surface area contributed by atoms with Crippen LogP contribution in [0, 0.1) is 13.8 Å². The molecule has 0 bridgehead atoms. The van der Waals surface area contributed by atoms with Gasteiger partial charge < -0.3 is 5.32 Å². The minimum atomic E-state index is -3.09. The highest BCUT2D eigenvalue weighted by molar-refractivity contribution is 7.91. The van der Waals surface area contributed by atoms with Gasteiger partial charge in [-0.1, -0.05) is 30.3 Å². The van der Waals surface area contributed by atoms with Gasteiger partial charge in [0.2, 0.25) is 0 Å². The number of aromatic nitrogens is 5. The lowest BCUT2D eigenvalue weighted by molar-refractivity contribution is 0.102. The van der Waals surface area contributed by atoms with Crippen molar-refractivity contribution < 1.29 is 13.2 Å². The number of benzene rings is 1. The molecule has 1 aromatic carbocycles. The molecule has 33 heavy (non-hydrogen) atoms. The fourth-order valence-corrected chi connectivity index (χ4v) is 6.11. The van der Waals surface area contributed by atoms with E-state index in [-0.39, 0.29) is 23.5 Å². The lowest BCUT2D eigenvalue weighted by atomic mass is 10.0. The number of fused-ring (bicyclic) bond motifs is 1. The van der Waals surface area contributed by atoms with Crippen molar-refractivity contribution in [3.63, 3.8) is 0 Å². The van der Waals surface area contributed by atoms with E-state index >= 15 is 0 Å². The molecule has 4 heterocycles. The summed E-state index contributed by atoms with van der Waals surface area (Å²) >= 11 is 0. The second-order valence-electron chi connectivity index (χ2n) is 8.46. The third kappa shape index (κ3) is 3.91. The molecule has 0 spiro atoms. The number of hydrogen-bond donors (Lipinski definition) is 1. The number of carbonyl (C=O) groups excluding carboxylic acids is 1. The third-order valence-corrected chi connectivity index (χ3v) is 7.69. The molecular weight excluding hydrogens is 440 g/mol. The first-order chi connectivity index (χ1) is 15.7. The van der Waals surface area contributed by atoms with Crippen LogP contribution in [0.5, 0.6) is 0 Å². The van der Waals surface area contributed by atoms with Gasteiger partial charge in [0.1, 0.15) is 5.82 Å². The zero-order chi connectivity index (χ0) is 23.3. The van der Waals surface area contributed by atoms with Gasteiger partial charge in [-0.25, -0.2) is 18.1 Å². The van der Waals surface area contributed by atoms with Gasteiger partial charge in [0.05, 0.1) is 45.6 Å². The summed E-state index contributed by atoms with van der Waals surface area (Å²) in [6.45, 7) is 3.67. The number of pyridine rings is 1. The summed E-state index contributed by atoms with van der Waals surface area (Å²) in [5.41, 5.74) is 4.04. The Bertz CT molecular complexity index is 1490. The first-order valence-electron chi connectivity index (χ1n) is 10.7. The smallest absolute Gasteiger partial charge is 0.257 e. The van der Waals surface area contributed by atoms with Crippen molar-refractivity contribution in [2.75, 3.05) is 16.8 Å². The monoisotopic (exact) mass is 464 g/mol. The van der Waals surface area contributed by atoms with Crippen molar-refractivity contribution in [1.29, 1.82) is 0 Å². The van der Waals surface area contributed by atoms with Crippen molar-refractivity contribution in [1.82, 2.24) is 24.5 Å². The summed E-state index contributed by atoms with van der Waals surface area (Å²) in [7, 11) is -1.29. The second kappa shape index (κ2) is 7.80. The van der Waals surface area contributed by atoms with Gasteiger partial charge in [-0.05, 0) is 26.3 Å². The molecule has 9 nitrogen and oxygen atoms in total. The van der Waals surface area contributed by atoms with E-state index in [1.807, 2.05) is 44.2 Å². The Labute approximate surface area is 191 Å². The predicted molar refractivity (Wildman–Crippen MR) is 126 cm³/mol. The minimum absolute atomic E-state index is 0.0242. The molecule has 1 atom stereocenters. The van der Waals surface area contributed by atoms with Crippen molar-refractivity contribution in [3.8, 4) is 11.3 Å². The highest BCUT2D eigenvalue weighted by atomic mass is 32.2. The zero-order valence-electron chi connectivity index (χ0n) is 18.6. The fourth-order valence-electron chi connectivity index (χ4n) is 4.42. The number of anilines is 1. The average molecular weight is 465 g/mol. The second-order valence-corrected chi connectivity index (χ2v) is 10.7. The zero-order valence-corrected chi connectivity index (χ0v) is 19.4. The van der Waals surface area contributed by atoms with Crippen LogP contribution in [0.4, 0.5) is 5.82 Å². The van der Waals surface area contributed by atoms with Crippen LogP contribution < -0.4 is 5.32 Å². The maximum absolute atomic E-state index is 13.5. The Morgan fingerprint density at radius 3 is 2.58 bits per heavy atom. The molecular formula is C23H24N6O3S. The Morgan fingerprint density at radius 1 is 1.12 bits per heavy atom. The van der Waals surface area contributed by atoms with Crippen LogP contribution in [0.1, 0.15) is 34.2 Å². The number of hydrogen-bond acceptors (Lipinski definition) is 6. The van der Waals surface area contributed by atoms with Crippen LogP contribution >= 0.6 is 0 Å². The van der Waals surface area contributed by atoms with Gasteiger partial charge in [0.15, 0.2) is 15.5 Å². The topological polar surface area (TPSA) is 112 Å². The van der Waals surface area contributed by atoms with Crippen LogP contribution in [-0.2, 0) is 16.9 Å². The summed E-state index contributed by atoms with van der Waals surface area (Å²) < 4.78 is 27.3. The van der Waals surface area contributed by atoms with Crippen LogP contribution in [-0.4, -0.2) is 50.4 Å². The molecule has 170 valence electrons. The number of aryl methyl sites for hydroxylation is 3. The van der Waals surface area contributed by atoms with Gasteiger partial charge in [0, 0.05) is 18.7 Å². The number of nitrogens with zero attached hydrogens (tertiary/aromatic N) is 5. The SMILES string of the molecule is Cc1cc(NC(=O)c2cc(-c3ccccc3)nc3c2c(C)nn3C)n(C2CCS(=O)(=O)C2)n1. The number of amides is 1. The van der Waals surface area contributed by atoms with Crippen molar-refractivity contribution in [3.05, 3.63) is 59.4 Å². The van der Waals surface area contributed by atoms with Crippen LogP contribution in [0.15, 0.2) is 42.5 Å². The Morgan fingerprint density at radius 2 is 1.88 bits per heavy atom. The van der Waals surface area contributed by atoms with Crippen LogP contribution in [0.25, 0.3) is 22.3 Å². The minimum Gasteiger partial charge on any atom is -0.307 e. The Hall–Kier alpha value is -3.53. The third-order valence-electron chi connectivity index (χ3n) is 5.94. The van der Waals surface area contributed by atoms with E-state index < -0.39 is 9.84 Å². The van der Waals surface area contributed by atoms with Gasteiger partial charge in [-0.15, -0.1) is 0 Å². The highest BCUT2D eigenvalue weighted by Crippen LogP contribution is 2.30. The summed E-state index contributed by atoms with van der Waals surface area (Å²) in [5, 5.41) is 12.6. The highest BCUT2D eigenvalue weighted by Gasteiger charge is 2.31. The first-order valence-corrected chi connectivity index (χ1v) is 12.5. The maximum atomic E-state index is 13.5. The molecule has 0 radical (unpaired) electrons. The van der Waals surface area contributed by atoms with E-state index in [2.05, 4.69) is 15.5 Å². The molecule has 10 heteroatoms. The van der Waals surface area contributed by atoms with Crippen molar-refractivity contribution in [2.45, 2.75) is 26.3 Å². The maximum Gasteiger partial charge on any atom is 0.257 e. The quantitative estimate of drug-likeness (QED) is 0.497. The standard InChI is InChI=1S/C23H24N6O3S/c1-14-11-20(29(26-14)17-9-10-33(31,32)13-17)25-23(30)18-12-19(16-7-5-4-6-8-16)24-22-21(18)15(2)27-28(22)3/h4-8,11-12,17H,9-10,13H2,1-3H3,(H,25,30). The summed E-state index contributed by atoms with van der Waals surface area (Å²) in [4.78, 5) is 18.3. The molecule has 1 amide bonds. The van der Waals surface area contributed by atoms with Gasteiger partial charge in [-0.2, -0.15) is 10.2 Å². The fraction of sp³-hybridized carbons (Fsp3) is 0.304. The molecule has 5 rings (SSSR count). The molecule has 1 unspecified atom stereocenters. The molecule has 1 aliphatic rings. The molecule has 4 aromatic rings. The van der Waals surface area contributed by atoms with Crippen molar-refractivity contribution in [2.24, 2.45) is 7.05 Å². The van der Waals surface area contributed by atoms with E-state index in [1.54, 1.807) is 28.5 Å². The van der Waals surface area contributed by atoms with Crippen molar-refractivity contribution >= 4 is 32.6 Å². The van der Waals surface area contributed by atoms with Gasteiger partial charge >= 0.3 is 0 Å². The molecule has 1 aliphatic heterocycles.